The molecule has 0 saturated heterocycles. The minimum absolute atomic E-state index is 0.00486. The maximum atomic E-state index is 12.1. The van der Waals surface area contributed by atoms with Gasteiger partial charge in [-0.1, -0.05) is 13.8 Å². The van der Waals surface area contributed by atoms with E-state index in [4.69, 9.17) is 0 Å². The normalized spacial score (nSPS) is 10.7. The Balaban J connectivity index is 2.83. The Morgan fingerprint density at radius 1 is 1.30 bits per heavy atom. The number of hydrogen-bond donors (Lipinski definition) is 1. The highest BCUT2D eigenvalue weighted by Crippen LogP contribution is 2.16. The number of nitrogens with zero attached hydrogens (tertiary/aromatic N) is 3. The van der Waals surface area contributed by atoms with E-state index in [2.05, 4.69) is 5.32 Å². The molecule has 0 radical (unpaired) electrons. The molecule has 0 unspecified atom stereocenters. The van der Waals surface area contributed by atoms with Gasteiger partial charge in [0.1, 0.15) is 11.6 Å². The van der Waals surface area contributed by atoms with Crippen LogP contribution in [0.3, 0.4) is 0 Å². The number of carbonyl (C=O) groups excluding carboxylic acids is 1. The summed E-state index contributed by atoms with van der Waals surface area (Å²) in [6.45, 7) is 5.59. The molecule has 0 atom stereocenters. The molecule has 0 bridgehead atoms. The Kier molecular flexibility index (Phi) is 7.27. The fraction of sp³-hybridized carbons (Fsp3) is 0.375. The quantitative estimate of drug-likeness (QED) is 0.344. The van der Waals surface area contributed by atoms with E-state index >= 15 is 0 Å². The van der Waals surface area contributed by atoms with Crippen LogP contribution in [0.15, 0.2) is 36.0 Å². The average molecular weight is 316 g/mol. The number of amides is 1. The number of rotatable bonds is 8. The van der Waals surface area contributed by atoms with Gasteiger partial charge >= 0.3 is 0 Å². The molecule has 1 aromatic rings. The van der Waals surface area contributed by atoms with E-state index in [1.54, 1.807) is 6.20 Å². The maximum absolute atomic E-state index is 12.1. The number of hydrogen-bond acceptors (Lipinski definition) is 5. The third-order valence-corrected chi connectivity index (χ3v) is 3.03. The zero-order chi connectivity index (χ0) is 17.2. The average Bonchev–Trinajstić information content (AvgIpc) is 2.53. The van der Waals surface area contributed by atoms with Crippen LogP contribution in [-0.4, -0.2) is 28.8 Å². The molecule has 0 aliphatic carbocycles. The molecule has 0 fully saturated rings. The van der Waals surface area contributed by atoms with Gasteiger partial charge in [-0.25, -0.2) is 0 Å². The van der Waals surface area contributed by atoms with Crippen molar-refractivity contribution in [1.82, 2.24) is 4.90 Å². The van der Waals surface area contributed by atoms with Gasteiger partial charge in [0, 0.05) is 37.1 Å². The van der Waals surface area contributed by atoms with E-state index in [-0.39, 0.29) is 11.3 Å². The van der Waals surface area contributed by atoms with Crippen LogP contribution in [0.4, 0.5) is 11.4 Å². The molecule has 0 heterocycles. The molecule has 1 aromatic carbocycles. The highest BCUT2D eigenvalue weighted by atomic mass is 16.6. The molecule has 1 amide bonds. The van der Waals surface area contributed by atoms with E-state index in [0.29, 0.717) is 5.69 Å². The lowest BCUT2D eigenvalue weighted by atomic mass is 10.2. The largest absolute Gasteiger partial charge is 0.376 e. The Morgan fingerprint density at radius 3 is 2.30 bits per heavy atom. The summed E-state index contributed by atoms with van der Waals surface area (Å²) in [4.78, 5) is 24.2. The van der Waals surface area contributed by atoms with E-state index < -0.39 is 10.8 Å². The van der Waals surface area contributed by atoms with Gasteiger partial charge in [0.25, 0.3) is 11.6 Å². The van der Waals surface area contributed by atoms with Crippen LogP contribution >= 0.6 is 0 Å². The van der Waals surface area contributed by atoms with Gasteiger partial charge in [-0.3, -0.25) is 14.9 Å². The molecule has 7 nitrogen and oxygen atoms in total. The summed E-state index contributed by atoms with van der Waals surface area (Å²) in [6, 6.07) is 7.36. The number of nitriles is 1. The highest BCUT2D eigenvalue weighted by molar-refractivity contribution is 6.06. The summed E-state index contributed by atoms with van der Waals surface area (Å²) in [5.74, 6) is -0.529. The lowest BCUT2D eigenvalue weighted by molar-refractivity contribution is -0.384. The Morgan fingerprint density at radius 2 is 1.87 bits per heavy atom. The van der Waals surface area contributed by atoms with Gasteiger partial charge in [-0.2, -0.15) is 5.26 Å². The van der Waals surface area contributed by atoms with Crippen LogP contribution in [0.1, 0.15) is 26.7 Å². The number of benzene rings is 1. The second kappa shape index (κ2) is 9.20. The smallest absolute Gasteiger partial charge is 0.269 e. The minimum atomic E-state index is -0.529. The van der Waals surface area contributed by atoms with Gasteiger partial charge in [-0.05, 0) is 25.0 Å². The maximum Gasteiger partial charge on any atom is 0.269 e. The first kappa shape index (κ1) is 18.2. The topological polar surface area (TPSA) is 99.3 Å². The van der Waals surface area contributed by atoms with Crippen molar-refractivity contribution in [1.29, 1.82) is 5.26 Å². The summed E-state index contributed by atoms with van der Waals surface area (Å²) < 4.78 is 0. The standard InChI is InChI=1S/C16H20N4O3/c1-3-9-19(10-4-2)12-13(11-17)16(21)18-14-5-7-15(8-6-14)20(22)23/h5-8,12H,3-4,9-10H2,1-2H3,(H,18,21)/b13-12-. The Bertz CT molecular complexity index is 611. The molecule has 0 aliphatic rings. The van der Waals surface area contributed by atoms with Crippen LogP contribution < -0.4 is 5.32 Å². The first-order valence-corrected chi connectivity index (χ1v) is 7.43. The molecule has 122 valence electrons. The number of nitro groups is 1. The van der Waals surface area contributed by atoms with E-state index in [1.807, 2.05) is 24.8 Å². The molecule has 23 heavy (non-hydrogen) atoms. The van der Waals surface area contributed by atoms with Crippen LogP contribution in [-0.2, 0) is 4.79 Å². The van der Waals surface area contributed by atoms with Crippen LogP contribution in [0, 0.1) is 21.4 Å². The van der Waals surface area contributed by atoms with Crippen molar-refractivity contribution in [3.8, 4) is 6.07 Å². The third-order valence-electron chi connectivity index (χ3n) is 3.03. The predicted molar refractivity (Wildman–Crippen MR) is 87.6 cm³/mol. The van der Waals surface area contributed by atoms with E-state index in [9.17, 15) is 20.2 Å². The Hall–Kier alpha value is -2.88. The van der Waals surface area contributed by atoms with Crippen molar-refractivity contribution >= 4 is 17.3 Å². The van der Waals surface area contributed by atoms with Crippen molar-refractivity contribution in [2.75, 3.05) is 18.4 Å². The lowest BCUT2D eigenvalue weighted by Crippen LogP contribution is -2.22. The molecule has 1 N–H and O–H groups in total. The zero-order valence-corrected chi connectivity index (χ0v) is 13.3. The first-order valence-electron chi connectivity index (χ1n) is 7.43. The first-order chi connectivity index (χ1) is 11.0. The highest BCUT2D eigenvalue weighted by Gasteiger charge is 2.12. The molecule has 0 spiro atoms. The SMILES string of the molecule is CCCN(/C=C(/C#N)C(=O)Nc1ccc([N+](=O)[O-])cc1)CCC. The van der Waals surface area contributed by atoms with Crippen LogP contribution in [0.2, 0.25) is 0 Å². The second-order valence-electron chi connectivity index (χ2n) is 4.95. The number of anilines is 1. The van der Waals surface area contributed by atoms with Crippen molar-refractivity contribution in [2.45, 2.75) is 26.7 Å². The molecule has 7 heteroatoms. The van der Waals surface area contributed by atoms with Crippen LogP contribution in [0.5, 0.6) is 0 Å². The van der Waals surface area contributed by atoms with Crippen molar-refractivity contribution in [3.63, 3.8) is 0 Å². The van der Waals surface area contributed by atoms with Crippen molar-refractivity contribution in [3.05, 3.63) is 46.2 Å². The van der Waals surface area contributed by atoms with Gasteiger partial charge in [-0.15, -0.1) is 0 Å². The van der Waals surface area contributed by atoms with E-state index in [0.717, 1.165) is 25.9 Å². The molecular formula is C16H20N4O3. The molecular weight excluding hydrogens is 296 g/mol. The van der Waals surface area contributed by atoms with Crippen molar-refractivity contribution < 1.29 is 9.72 Å². The second-order valence-corrected chi connectivity index (χ2v) is 4.95. The molecule has 1 rings (SSSR count). The number of nitro benzene ring substituents is 1. The van der Waals surface area contributed by atoms with Gasteiger partial charge < -0.3 is 10.2 Å². The number of non-ortho nitro benzene ring substituents is 1. The molecule has 0 aromatic heterocycles. The summed E-state index contributed by atoms with van der Waals surface area (Å²) in [5.41, 5.74) is 0.348. The zero-order valence-electron chi connectivity index (χ0n) is 13.3. The summed E-state index contributed by atoms with van der Waals surface area (Å²) in [6.07, 6.45) is 3.39. The molecule has 0 saturated carbocycles. The fourth-order valence-electron chi connectivity index (χ4n) is 2.00. The van der Waals surface area contributed by atoms with Gasteiger partial charge in [0.15, 0.2) is 0 Å². The van der Waals surface area contributed by atoms with Crippen LogP contribution in [0.25, 0.3) is 0 Å². The summed E-state index contributed by atoms with van der Waals surface area (Å²) in [7, 11) is 0. The third kappa shape index (κ3) is 5.79. The Labute approximate surface area is 135 Å². The fourth-order valence-corrected chi connectivity index (χ4v) is 2.00. The summed E-state index contributed by atoms with van der Waals surface area (Å²) in [5, 5.41) is 22.3. The van der Waals surface area contributed by atoms with Gasteiger partial charge in [0.2, 0.25) is 0 Å². The lowest BCUT2D eigenvalue weighted by Gasteiger charge is -2.19. The summed E-state index contributed by atoms with van der Waals surface area (Å²) >= 11 is 0. The minimum Gasteiger partial charge on any atom is -0.376 e. The van der Waals surface area contributed by atoms with Gasteiger partial charge in [0.05, 0.1) is 4.92 Å². The van der Waals surface area contributed by atoms with Crippen molar-refractivity contribution in [2.24, 2.45) is 0 Å². The van der Waals surface area contributed by atoms with E-state index in [1.165, 1.54) is 24.3 Å². The predicted octanol–water partition coefficient (Wildman–Crippen LogP) is 3.06. The molecule has 0 aliphatic heterocycles. The number of carbonyl (C=O) groups is 1. The number of nitrogens with one attached hydrogen (secondary N) is 1. The monoisotopic (exact) mass is 316 g/mol.